The van der Waals surface area contributed by atoms with Crippen LogP contribution in [0.1, 0.15) is 105 Å². The Bertz CT molecular complexity index is 1570. The third-order valence-electron chi connectivity index (χ3n) is 7.90. The molecule has 4 aromatic rings. The van der Waals surface area contributed by atoms with Crippen molar-refractivity contribution in [2.45, 2.75) is 105 Å². The van der Waals surface area contributed by atoms with Crippen LogP contribution >= 0.6 is 0 Å². The molecular formula is C40H52O4. The number of phenols is 4. The van der Waals surface area contributed by atoms with Gasteiger partial charge < -0.3 is 20.4 Å². The normalized spacial score (nSPS) is 12.5. The molecule has 4 aromatic carbocycles. The molecule has 0 bridgehead atoms. The van der Waals surface area contributed by atoms with Gasteiger partial charge >= 0.3 is 0 Å². The maximum absolute atomic E-state index is 11.4. The van der Waals surface area contributed by atoms with Crippen LogP contribution in [0, 0.1) is 0 Å². The van der Waals surface area contributed by atoms with E-state index >= 15 is 0 Å². The topological polar surface area (TPSA) is 80.9 Å². The summed E-state index contributed by atoms with van der Waals surface area (Å²) in [5.74, 6) is 1.17. The predicted octanol–water partition coefficient (Wildman–Crippen LogP) is 10.7. The number of benzene rings is 4. The largest absolute Gasteiger partial charge is 0.508 e. The smallest absolute Gasteiger partial charge is 0.127 e. The fraction of sp³-hybridized carbons (Fsp3) is 0.400. The van der Waals surface area contributed by atoms with E-state index in [4.69, 9.17) is 5.11 Å². The molecule has 0 aromatic heterocycles. The maximum atomic E-state index is 11.4. The van der Waals surface area contributed by atoms with E-state index in [0.29, 0.717) is 11.5 Å². The molecule has 0 unspecified atom stereocenters. The fourth-order valence-electron chi connectivity index (χ4n) is 5.15. The Kier molecular flexibility index (Phi) is 9.61. The summed E-state index contributed by atoms with van der Waals surface area (Å²) in [6.45, 7) is 25.7. The van der Waals surface area contributed by atoms with Gasteiger partial charge in [-0.25, -0.2) is 0 Å². The summed E-state index contributed by atoms with van der Waals surface area (Å²) in [6.07, 6.45) is 0. The summed E-state index contributed by atoms with van der Waals surface area (Å²) in [6, 6.07) is 22.2. The number of hydrogen-bond donors (Lipinski definition) is 4. The standard InChI is InChI=1S/C28H42O2.C12H10O2/c1-25(2,3)18-15-19(23(29)22(16-18)28(10,11)12)17-13-20(26(4,5)6)24(30)21(14-17)27(7,8)9;13-10-7-5-9(6-8-10)11-3-1-2-4-12(11)14/h13-16,29-30H,1-12H3;1-8,13-14H. The summed E-state index contributed by atoms with van der Waals surface area (Å²) in [5.41, 5.74) is 6.75. The van der Waals surface area contributed by atoms with Crippen LogP contribution in [-0.2, 0) is 21.7 Å². The number of rotatable bonds is 2. The predicted molar refractivity (Wildman–Crippen MR) is 185 cm³/mol. The summed E-state index contributed by atoms with van der Waals surface area (Å²) in [7, 11) is 0. The molecule has 4 heteroatoms. The molecule has 0 spiro atoms. The minimum Gasteiger partial charge on any atom is -0.508 e. The summed E-state index contributed by atoms with van der Waals surface area (Å²) < 4.78 is 0. The summed E-state index contributed by atoms with van der Waals surface area (Å²) in [4.78, 5) is 0. The number of aromatic hydroxyl groups is 4. The van der Waals surface area contributed by atoms with Gasteiger partial charge in [-0.2, -0.15) is 0 Å². The molecule has 0 radical (unpaired) electrons. The van der Waals surface area contributed by atoms with Crippen molar-refractivity contribution in [2.75, 3.05) is 0 Å². The van der Waals surface area contributed by atoms with Crippen LogP contribution in [0.2, 0.25) is 0 Å². The monoisotopic (exact) mass is 596 g/mol. The Morgan fingerprint density at radius 3 is 1.30 bits per heavy atom. The van der Waals surface area contributed by atoms with Crippen LogP contribution in [0.25, 0.3) is 22.3 Å². The first-order chi connectivity index (χ1) is 20.0. The van der Waals surface area contributed by atoms with Gasteiger partial charge in [0.2, 0.25) is 0 Å². The van der Waals surface area contributed by atoms with Crippen molar-refractivity contribution in [1.82, 2.24) is 0 Å². The molecule has 4 rings (SSSR count). The molecule has 0 fully saturated rings. The molecule has 0 aliphatic heterocycles. The van der Waals surface area contributed by atoms with Gasteiger partial charge in [0.25, 0.3) is 0 Å². The van der Waals surface area contributed by atoms with Crippen molar-refractivity contribution in [3.63, 3.8) is 0 Å². The molecule has 0 saturated heterocycles. The summed E-state index contributed by atoms with van der Waals surface area (Å²) >= 11 is 0. The van der Waals surface area contributed by atoms with Gasteiger partial charge in [0.1, 0.15) is 23.0 Å². The third kappa shape index (κ3) is 7.96. The van der Waals surface area contributed by atoms with Crippen molar-refractivity contribution >= 4 is 0 Å². The van der Waals surface area contributed by atoms with E-state index < -0.39 is 0 Å². The minimum atomic E-state index is -0.218. The van der Waals surface area contributed by atoms with Gasteiger partial charge in [-0.1, -0.05) is 119 Å². The van der Waals surface area contributed by atoms with Crippen molar-refractivity contribution < 1.29 is 20.4 Å². The van der Waals surface area contributed by atoms with Crippen LogP contribution < -0.4 is 0 Å². The lowest BCUT2D eigenvalue weighted by Crippen LogP contribution is -2.18. The van der Waals surface area contributed by atoms with E-state index in [-0.39, 0.29) is 33.2 Å². The van der Waals surface area contributed by atoms with Gasteiger partial charge in [-0.05, 0) is 74.7 Å². The second-order valence-electron chi connectivity index (χ2n) is 15.9. The molecule has 0 aliphatic rings. The van der Waals surface area contributed by atoms with Gasteiger partial charge in [-0.15, -0.1) is 0 Å². The first-order valence-electron chi connectivity index (χ1n) is 15.4. The van der Waals surface area contributed by atoms with Crippen LogP contribution in [0.3, 0.4) is 0 Å². The third-order valence-corrected chi connectivity index (χ3v) is 7.90. The zero-order valence-electron chi connectivity index (χ0n) is 28.7. The van der Waals surface area contributed by atoms with Gasteiger partial charge in [0.05, 0.1) is 0 Å². The Hall–Kier alpha value is -3.92. The van der Waals surface area contributed by atoms with Crippen LogP contribution in [0.4, 0.5) is 0 Å². The van der Waals surface area contributed by atoms with Crippen LogP contribution in [0.5, 0.6) is 23.0 Å². The Labute approximate surface area is 265 Å². The molecule has 0 saturated carbocycles. The van der Waals surface area contributed by atoms with Crippen LogP contribution in [0.15, 0.2) is 72.8 Å². The molecule has 4 N–H and O–H groups in total. The lowest BCUT2D eigenvalue weighted by Gasteiger charge is -2.30. The molecule has 0 atom stereocenters. The number of hydrogen-bond acceptors (Lipinski definition) is 4. The lowest BCUT2D eigenvalue weighted by molar-refractivity contribution is 0.423. The second-order valence-corrected chi connectivity index (χ2v) is 15.9. The molecule has 236 valence electrons. The highest BCUT2D eigenvalue weighted by molar-refractivity contribution is 5.77. The Morgan fingerprint density at radius 2 is 0.864 bits per heavy atom. The lowest BCUT2D eigenvalue weighted by atomic mass is 9.75. The maximum Gasteiger partial charge on any atom is 0.127 e. The molecule has 44 heavy (non-hydrogen) atoms. The van der Waals surface area contributed by atoms with Gasteiger partial charge in [-0.3, -0.25) is 0 Å². The minimum absolute atomic E-state index is 0.0426. The van der Waals surface area contributed by atoms with Gasteiger partial charge in [0.15, 0.2) is 0 Å². The SMILES string of the molecule is CC(C)(C)c1cc(-c2cc(C(C)(C)C)c(O)c(C(C)(C)C)c2)c(O)c(C(C)(C)C)c1.Oc1ccc(-c2ccccc2O)cc1. The molecular weight excluding hydrogens is 544 g/mol. The zero-order valence-corrected chi connectivity index (χ0v) is 28.7. The first-order valence-corrected chi connectivity index (χ1v) is 15.4. The highest BCUT2D eigenvalue weighted by atomic mass is 16.3. The molecule has 0 aliphatic carbocycles. The highest BCUT2D eigenvalue weighted by Gasteiger charge is 2.30. The number of phenolic OH excluding ortho intramolecular Hbond substituents is 4. The van der Waals surface area contributed by atoms with E-state index in [2.05, 4.69) is 107 Å². The van der Waals surface area contributed by atoms with E-state index in [1.54, 1.807) is 36.4 Å². The first kappa shape index (κ1) is 34.6. The molecule has 0 heterocycles. The van der Waals surface area contributed by atoms with Crippen molar-refractivity contribution in [2.24, 2.45) is 0 Å². The Balaban J connectivity index is 0.000000312. The quantitative estimate of drug-likeness (QED) is 0.186. The highest BCUT2D eigenvalue weighted by Crippen LogP contribution is 2.46. The van der Waals surface area contributed by atoms with Crippen molar-refractivity contribution in [1.29, 1.82) is 0 Å². The van der Waals surface area contributed by atoms with E-state index in [9.17, 15) is 15.3 Å². The van der Waals surface area contributed by atoms with Crippen molar-refractivity contribution in [3.8, 4) is 45.3 Å². The summed E-state index contributed by atoms with van der Waals surface area (Å²) in [5, 5.41) is 41.1. The molecule has 4 nitrogen and oxygen atoms in total. The molecule has 0 amide bonds. The van der Waals surface area contributed by atoms with E-state index in [1.165, 1.54) is 5.56 Å². The Morgan fingerprint density at radius 1 is 0.409 bits per heavy atom. The number of para-hydroxylation sites is 1. The second kappa shape index (κ2) is 12.2. The van der Waals surface area contributed by atoms with E-state index in [1.807, 2.05) is 12.1 Å². The van der Waals surface area contributed by atoms with E-state index in [0.717, 1.165) is 38.9 Å². The van der Waals surface area contributed by atoms with Gasteiger partial charge in [0, 0.05) is 27.8 Å². The fourth-order valence-corrected chi connectivity index (χ4v) is 5.15. The van der Waals surface area contributed by atoms with Crippen LogP contribution in [-0.4, -0.2) is 20.4 Å². The average Bonchev–Trinajstić information content (AvgIpc) is 2.87. The van der Waals surface area contributed by atoms with Crippen molar-refractivity contribution in [3.05, 3.63) is 95.1 Å². The average molecular weight is 597 g/mol. The zero-order chi connectivity index (χ0) is 33.4.